The molecule has 0 saturated heterocycles. The first kappa shape index (κ1) is 41.0. The zero-order valence-electron chi connectivity index (χ0n) is 39.1. The van der Waals surface area contributed by atoms with E-state index in [1.165, 1.54) is 99.4 Å². The van der Waals surface area contributed by atoms with Crippen LogP contribution in [0, 0.1) is 0 Å². The zero-order valence-corrected chi connectivity index (χ0v) is 39.1. The SMILES string of the molecule is c1ccc(C2(c3ccc4c(c3)C(c3ccccc3)(c3ccccc3)c3cc(N(c5ccc(-c6cccc7ccccc67)cc5)c5cccc6ccccc56)ccc3-4)c3ccccc3-c3ccccc32)cc1. The Morgan fingerprint density at radius 2 is 0.662 bits per heavy atom. The Hall–Kier alpha value is -9.04. The molecule has 2 aliphatic rings. The summed E-state index contributed by atoms with van der Waals surface area (Å²) < 4.78 is 0. The Kier molecular flexibility index (Phi) is 9.41. The highest BCUT2D eigenvalue weighted by Gasteiger charge is 2.50. The largest absolute Gasteiger partial charge is 0.310 e. The van der Waals surface area contributed by atoms with E-state index in [-0.39, 0.29) is 0 Å². The molecular weight excluding hydrogens is 855 g/mol. The molecule has 1 heteroatoms. The van der Waals surface area contributed by atoms with E-state index in [2.05, 4.69) is 290 Å². The number of hydrogen-bond donors (Lipinski definition) is 0. The van der Waals surface area contributed by atoms with Crippen molar-refractivity contribution >= 4 is 38.6 Å². The molecule has 0 bridgehead atoms. The molecular formula is C70H47N. The van der Waals surface area contributed by atoms with Gasteiger partial charge in [0.1, 0.15) is 0 Å². The molecule has 14 rings (SSSR count). The van der Waals surface area contributed by atoms with Gasteiger partial charge in [0.2, 0.25) is 0 Å². The first-order valence-corrected chi connectivity index (χ1v) is 24.7. The summed E-state index contributed by atoms with van der Waals surface area (Å²) >= 11 is 0. The second-order valence-electron chi connectivity index (χ2n) is 19.1. The number of hydrogen-bond acceptors (Lipinski definition) is 1. The third kappa shape index (κ3) is 6.06. The Bertz CT molecular complexity index is 3890. The van der Waals surface area contributed by atoms with Crippen LogP contribution in [0.1, 0.15) is 44.5 Å². The minimum atomic E-state index is -0.669. The van der Waals surface area contributed by atoms with Crippen molar-refractivity contribution in [3.05, 3.63) is 330 Å². The summed E-state index contributed by atoms with van der Waals surface area (Å²) in [5.74, 6) is 0. The summed E-state index contributed by atoms with van der Waals surface area (Å²) in [6.07, 6.45) is 0. The highest BCUT2D eigenvalue weighted by Crippen LogP contribution is 2.61. The van der Waals surface area contributed by atoms with E-state index >= 15 is 0 Å². The molecule has 0 N–H and O–H groups in total. The van der Waals surface area contributed by atoms with Gasteiger partial charge in [-0.1, -0.05) is 255 Å². The number of benzene rings is 12. The second-order valence-corrected chi connectivity index (χ2v) is 19.1. The Labute approximate surface area is 415 Å². The van der Waals surface area contributed by atoms with E-state index in [4.69, 9.17) is 0 Å². The molecule has 0 spiro atoms. The van der Waals surface area contributed by atoms with Crippen LogP contribution in [-0.2, 0) is 10.8 Å². The predicted molar refractivity (Wildman–Crippen MR) is 296 cm³/mol. The van der Waals surface area contributed by atoms with E-state index in [0.717, 1.165) is 17.1 Å². The molecule has 0 amide bonds. The second kappa shape index (κ2) is 16.3. The molecule has 1 nitrogen and oxygen atoms in total. The van der Waals surface area contributed by atoms with Crippen LogP contribution < -0.4 is 4.90 Å². The summed E-state index contributed by atoms with van der Waals surface area (Å²) in [6.45, 7) is 0. The highest BCUT2D eigenvalue weighted by atomic mass is 15.1. The smallest absolute Gasteiger partial charge is 0.0714 e. The van der Waals surface area contributed by atoms with Gasteiger partial charge in [0.15, 0.2) is 0 Å². The van der Waals surface area contributed by atoms with Crippen molar-refractivity contribution in [1.82, 2.24) is 0 Å². The Morgan fingerprint density at radius 3 is 1.28 bits per heavy atom. The van der Waals surface area contributed by atoms with Crippen LogP contribution in [0.15, 0.2) is 285 Å². The minimum absolute atomic E-state index is 0.550. The maximum atomic E-state index is 2.58. The first-order chi connectivity index (χ1) is 35.2. The van der Waals surface area contributed by atoms with E-state index in [1.54, 1.807) is 0 Å². The van der Waals surface area contributed by atoms with E-state index in [1.807, 2.05) is 0 Å². The third-order valence-corrected chi connectivity index (χ3v) is 15.6. The molecule has 0 fully saturated rings. The molecule has 0 atom stereocenters. The fourth-order valence-electron chi connectivity index (χ4n) is 12.7. The molecule has 332 valence electrons. The number of fused-ring (bicyclic) bond motifs is 8. The normalized spacial score (nSPS) is 13.6. The van der Waals surface area contributed by atoms with Gasteiger partial charge < -0.3 is 4.90 Å². The first-order valence-electron chi connectivity index (χ1n) is 24.7. The third-order valence-electron chi connectivity index (χ3n) is 15.6. The average Bonchev–Trinajstić information content (AvgIpc) is 3.92. The average molecular weight is 902 g/mol. The van der Waals surface area contributed by atoms with Gasteiger partial charge >= 0.3 is 0 Å². The standard InChI is InChI=1S/C70H47N/c1-4-24-51(25-5-1)69(52-26-6-2-7-27-52)66-46-54(70(53-28-8-3-9-29-53)64-35-16-14-32-60(64)61-33-15-17-36-65(61)70)40-44-62(66)63-45-43-56(47-67(63)69)71(68-37-19-23-49-21-11-13-31-59(49)68)55-41-38-50(39-42-55)58-34-18-22-48-20-10-12-30-57(48)58/h1-47H. The number of rotatable bonds is 8. The van der Waals surface area contributed by atoms with Gasteiger partial charge in [0.05, 0.1) is 16.5 Å². The molecule has 12 aromatic carbocycles. The van der Waals surface area contributed by atoms with Gasteiger partial charge in [-0.05, 0) is 124 Å². The van der Waals surface area contributed by atoms with Gasteiger partial charge in [-0.25, -0.2) is 0 Å². The maximum absolute atomic E-state index is 2.58. The Morgan fingerprint density at radius 1 is 0.239 bits per heavy atom. The van der Waals surface area contributed by atoms with Crippen LogP contribution in [0.3, 0.4) is 0 Å². The summed E-state index contributed by atoms with van der Waals surface area (Å²) in [4.78, 5) is 2.47. The molecule has 0 saturated carbocycles. The van der Waals surface area contributed by atoms with Gasteiger partial charge in [0, 0.05) is 16.8 Å². The fraction of sp³-hybridized carbons (Fsp3) is 0.0286. The van der Waals surface area contributed by atoms with Crippen molar-refractivity contribution in [2.24, 2.45) is 0 Å². The maximum Gasteiger partial charge on any atom is 0.0714 e. The van der Waals surface area contributed by atoms with Crippen LogP contribution in [-0.4, -0.2) is 0 Å². The number of nitrogens with zero attached hydrogens (tertiary/aromatic N) is 1. The highest BCUT2D eigenvalue weighted by molar-refractivity contribution is 6.01. The number of anilines is 3. The molecule has 0 radical (unpaired) electrons. The minimum Gasteiger partial charge on any atom is -0.310 e. The summed E-state index contributed by atoms with van der Waals surface area (Å²) in [6, 6.07) is 106. The topological polar surface area (TPSA) is 3.24 Å². The van der Waals surface area contributed by atoms with Crippen LogP contribution in [0.4, 0.5) is 17.1 Å². The molecule has 71 heavy (non-hydrogen) atoms. The molecule has 0 unspecified atom stereocenters. The van der Waals surface area contributed by atoms with Crippen molar-refractivity contribution in [3.8, 4) is 33.4 Å². The lowest BCUT2D eigenvalue weighted by atomic mass is 9.64. The van der Waals surface area contributed by atoms with Crippen LogP contribution in [0.2, 0.25) is 0 Å². The monoisotopic (exact) mass is 901 g/mol. The van der Waals surface area contributed by atoms with Gasteiger partial charge in [-0.3, -0.25) is 0 Å². The van der Waals surface area contributed by atoms with Crippen molar-refractivity contribution in [2.45, 2.75) is 10.8 Å². The van der Waals surface area contributed by atoms with Gasteiger partial charge in [-0.2, -0.15) is 0 Å². The van der Waals surface area contributed by atoms with E-state index < -0.39 is 10.8 Å². The van der Waals surface area contributed by atoms with Crippen molar-refractivity contribution in [1.29, 1.82) is 0 Å². The summed E-state index contributed by atoms with van der Waals surface area (Å²) in [7, 11) is 0. The predicted octanol–water partition coefficient (Wildman–Crippen LogP) is 17.9. The van der Waals surface area contributed by atoms with E-state index in [0.29, 0.717) is 0 Å². The quantitative estimate of drug-likeness (QED) is 0.147. The lowest BCUT2D eigenvalue weighted by Crippen LogP contribution is -2.31. The lowest BCUT2D eigenvalue weighted by Gasteiger charge is -2.37. The Balaban J connectivity index is 1.03. The zero-order chi connectivity index (χ0) is 46.9. The van der Waals surface area contributed by atoms with Crippen molar-refractivity contribution in [3.63, 3.8) is 0 Å². The van der Waals surface area contributed by atoms with Crippen molar-refractivity contribution in [2.75, 3.05) is 4.90 Å². The van der Waals surface area contributed by atoms with Gasteiger partial charge in [-0.15, -0.1) is 0 Å². The molecule has 0 heterocycles. The van der Waals surface area contributed by atoms with Crippen LogP contribution in [0.25, 0.3) is 54.9 Å². The molecule has 12 aromatic rings. The fourth-order valence-corrected chi connectivity index (χ4v) is 12.7. The lowest BCUT2D eigenvalue weighted by molar-refractivity contribution is 0.742. The van der Waals surface area contributed by atoms with Crippen molar-refractivity contribution < 1.29 is 0 Å². The molecule has 2 aliphatic carbocycles. The van der Waals surface area contributed by atoms with Gasteiger partial charge in [0.25, 0.3) is 0 Å². The van der Waals surface area contributed by atoms with Crippen LogP contribution in [0.5, 0.6) is 0 Å². The van der Waals surface area contributed by atoms with Crippen LogP contribution >= 0.6 is 0 Å². The summed E-state index contributed by atoms with van der Waals surface area (Å²) in [5, 5.41) is 4.89. The summed E-state index contributed by atoms with van der Waals surface area (Å²) in [5.41, 5.74) is 19.8. The molecule has 0 aliphatic heterocycles. The van der Waals surface area contributed by atoms with E-state index in [9.17, 15) is 0 Å². The molecule has 0 aromatic heterocycles.